The van der Waals surface area contributed by atoms with Gasteiger partial charge in [0.05, 0.1) is 10.0 Å². The molecule has 0 aliphatic rings. The van der Waals surface area contributed by atoms with Crippen LogP contribution in [0, 0.1) is 5.82 Å². The van der Waals surface area contributed by atoms with E-state index in [0.29, 0.717) is 0 Å². The van der Waals surface area contributed by atoms with Gasteiger partial charge in [0.1, 0.15) is 11.9 Å². The van der Waals surface area contributed by atoms with Gasteiger partial charge in [0.15, 0.2) is 0 Å². The van der Waals surface area contributed by atoms with Gasteiger partial charge in [-0.15, -0.1) is 0 Å². The maximum atomic E-state index is 13.7. The van der Waals surface area contributed by atoms with Crippen molar-refractivity contribution >= 4 is 27.7 Å². The maximum absolute atomic E-state index is 13.7. The molecule has 2 amide bonds. The molecule has 98 valence electrons. The first-order valence-electron chi connectivity index (χ1n) is 5.30. The number of carbonyl (C=O) groups excluding carboxylic acids is 2. The maximum Gasteiger partial charge on any atom is 0.254 e. The highest BCUT2D eigenvalue weighted by Crippen LogP contribution is 2.18. The fourth-order valence-corrected chi connectivity index (χ4v) is 1.77. The summed E-state index contributed by atoms with van der Waals surface area (Å²) in [5, 5.41) is 2.45. The lowest BCUT2D eigenvalue weighted by molar-refractivity contribution is -0.130. The van der Waals surface area contributed by atoms with Crippen LogP contribution in [0.1, 0.15) is 17.3 Å². The van der Waals surface area contributed by atoms with Gasteiger partial charge in [0, 0.05) is 14.1 Å². The van der Waals surface area contributed by atoms with E-state index < -0.39 is 17.8 Å². The van der Waals surface area contributed by atoms with Crippen molar-refractivity contribution < 1.29 is 14.0 Å². The number of nitrogens with one attached hydrogen (secondary N) is 1. The van der Waals surface area contributed by atoms with E-state index in [4.69, 9.17) is 0 Å². The lowest BCUT2D eigenvalue weighted by Gasteiger charge is -2.18. The first-order valence-corrected chi connectivity index (χ1v) is 6.10. The summed E-state index contributed by atoms with van der Waals surface area (Å²) in [5.41, 5.74) is -0.0946. The Morgan fingerprint density at radius 3 is 2.56 bits per heavy atom. The standard InChI is InChI=1S/C12H14BrFN2O2/c1-7(12(18)16(2)3)15-11(17)8-5-4-6-9(13)10(8)14/h4-7H,1-3H3,(H,15,17). The van der Waals surface area contributed by atoms with Crippen LogP contribution >= 0.6 is 15.9 Å². The number of nitrogens with zero attached hydrogens (tertiary/aromatic N) is 1. The molecule has 1 rings (SSSR count). The SMILES string of the molecule is CC(NC(=O)c1cccc(Br)c1F)C(=O)N(C)C. The molecule has 0 radical (unpaired) electrons. The van der Waals surface area contributed by atoms with Crippen LogP contribution in [0.5, 0.6) is 0 Å². The summed E-state index contributed by atoms with van der Waals surface area (Å²) in [7, 11) is 3.18. The number of benzene rings is 1. The Hall–Kier alpha value is -1.43. The Morgan fingerprint density at radius 1 is 1.39 bits per heavy atom. The first-order chi connectivity index (χ1) is 8.34. The number of likely N-dealkylation sites (N-methyl/N-ethyl adjacent to an activating group) is 1. The van der Waals surface area contributed by atoms with Crippen LogP contribution in [0.2, 0.25) is 0 Å². The summed E-state index contributed by atoms with van der Waals surface area (Å²) in [5.74, 6) is -1.50. The molecule has 4 nitrogen and oxygen atoms in total. The zero-order valence-corrected chi connectivity index (χ0v) is 11.9. The Balaban J connectivity index is 2.83. The molecule has 1 aromatic carbocycles. The number of amides is 2. The minimum Gasteiger partial charge on any atom is -0.347 e. The summed E-state index contributed by atoms with van der Waals surface area (Å²) in [6, 6.07) is 3.72. The van der Waals surface area contributed by atoms with Crippen LogP contribution in [0.4, 0.5) is 4.39 Å². The van der Waals surface area contributed by atoms with E-state index in [2.05, 4.69) is 21.2 Å². The minimum atomic E-state index is -0.703. The molecular weight excluding hydrogens is 303 g/mol. The first kappa shape index (κ1) is 14.6. The van der Waals surface area contributed by atoms with Gasteiger partial charge in [-0.3, -0.25) is 9.59 Å². The molecule has 0 bridgehead atoms. The molecule has 1 unspecified atom stereocenters. The molecule has 0 aliphatic carbocycles. The molecule has 0 heterocycles. The van der Waals surface area contributed by atoms with Crippen molar-refractivity contribution in [1.29, 1.82) is 0 Å². The summed E-state index contributed by atoms with van der Waals surface area (Å²) in [6.45, 7) is 1.55. The Morgan fingerprint density at radius 2 is 2.00 bits per heavy atom. The molecular formula is C12H14BrFN2O2. The highest BCUT2D eigenvalue weighted by atomic mass is 79.9. The number of halogens is 2. The zero-order chi connectivity index (χ0) is 13.9. The van der Waals surface area contributed by atoms with Crippen molar-refractivity contribution in [3.05, 3.63) is 34.1 Å². The van der Waals surface area contributed by atoms with E-state index in [1.54, 1.807) is 27.1 Å². The van der Waals surface area contributed by atoms with Crippen molar-refractivity contribution in [2.45, 2.75) is 13.0 Å². The van der Waals surface area contributed by atoms with Gasteiger partial charge in [0.2, 0.25) is 5.91 Å². The normalized spacial score (nSPS) is 11.8. The quantitative estimate of drug-likeness (QED) is 0.924. The molecule has 18 heavy (non-hydrogen) atoms. The molecule has 0 fully saturated rings. The van der Waals surface area contributed by atoms with Crippen LogP contribution in [0.15, 0.2) is 22.7 Å². The van der Waals surface area contributed by atoms with Crippen LogP contribution < -0.4 is 5.32 Å². The van der Waals surface area contributed by atoms with Crippen LogP contribution in [0.3, 0.4) is 0 Å². The van der Waals surface area contributed by atoms with Gasteiger partial charge in [-0.1, -0.05) is 6.07 Å². The fraction of sp³-hybridized carbons (Fsp3) is 0.333. The molecule has 0 aromatic heterocycles. The molecule has 0 saturated heterocycles. The average molecular weight is 317 g/mol. The van der Waals surface area contributed by atoms with E-state index in [-0.39, 0.29) is 15.9 Å². The van der Waals surface area contributed by atoms with E-state index in [9.17, 15) is 14.0 Å². The zero-order valence-electron chi connectivity index (χ0n) is 10.3. The third kappa shape index (κ3) is 3.29. The van der Waals surface area contributed by atoms with Gasteiger partial charge < -0.3 is 10.2 Å². The van der Waals surface area contributed by atoms with Crippen LogP contribution in [0.25, 0.3) is 0 Å². The van der Waals surface area contributed by atoms with E-state index in [0.717, 1.165) is 0 Å². The monoisotopic (exact) mass is 316 g/mol. The summed E-state index contributed by atoms with van der Waals surface area (Å²) < 4.78 is 13.9. The molecule has 0 saturated carbocycles. The average Bonchev–Trinajstić information content (AvgIpc) is 2.31. The molecule has 0 aliphatic heterocycles. The Kier molecular flexibility index (Phi) is 4.84. The summed E-state index contributed by atoms with van der Waals surface area (Å²) in [4.78, 5) is 24.7. The smallest absolute Gasteiger partial charge is 0.254 e. The molecule has 1 N–H and O–H groups in total. The van der Waals surface area contributed by atoms with E-state index >= 15 is 0 Å². The third-order valence-electron chi connectivity index (χ3n) is 2.36. The highest BCUT2D eigenvalue weighted by molar-refractivity contribution is 9.10. The van der Waals surface area contributed by atoms with E-state index in [1.165, 1.54) is 17.0 Å². The second-order valence-electron chi connectivity index (χ2n) is 4.03. The van der Waals surface area contributed by atoms with Gasteiger partial charge in [0.25, 0.3) is 5.91 Å². The molecule has 1 aromatic rings. The van der Waals surface area contributed by atoms with Crippen molar-refractivity contribution in [2.75, 3.05) is 14.1 Å². The van der Waals surface area contributed by atoms with Gasteiger partial charge in [-0.05, 0) is 35.0 Å². The second kappa shape index (κ2) is 5.95. The van der Waals surface area contributed by atoms with Crippen molar-refractivity contribution in [3.8, 4) is 0 Å². The fourth-order valence-electron chi connectivity index (χ4n) is 1.40. The largest absolute Gasteiger partial charge is 0.347 e. The Bertz CT molecular complexity index is 477. The van der Waals surface area contributed by atoms with E-state index in [1.807, 2.05) is 0 Å². The van der Waals surface area contributed by atoms with Crippen LogP contribution in [-0.2, 0) is 4.79 Å². The summed E-state index contributed by atoms with van der Waals surface area (Å²) in [6.07, 6.45) is 0. The Labute approximate surface area is 113 Å². The minimum absolute atomic E-state index is 0.0946. The molecule has 1 atom stereocenters. The van der Waals surface area contributed by atoms with Crippen molar-refractivity contribution in [2.24, 2.45) is 0 Å². The van der Waals surface area contributed by atoms with Gasteiger partial charge >= 0.3 is 0 Å². The van der Waals surface area contributed by atoms with Crippen molar-refractivity contribution in [3.63, 3.8) is 0 Å². The summed E-state index contributed by atoms with van der Waals surface area (Å²) >= 11 is 3.00. The molecule has 0 spiro atoms. The lowest BCUT2D eigenvalue weighted by Crippen LogP contribution is -2.44. The lowest BCUT2D eigenvalue weighted by atomic mass is 10.2. The van der Waals surface area contributed by atoms with Crippen molar-refractivity contribution in [1.82, 2.24) is 10.2 Å². The number of carbonyl (C=O) groups is 2. The predicted molar refractivity (Wildman–Crippen MR) is 69.7 cm³/mol. The number of rotatable bonds is 3. The topological polar surface area (TPSA) is 49.4 Å². The predicted octanol–water partition coefficient (Wildman–Crippen LogP) is 1.79. The van der Waals surface area contributed by atoms with Gasteiger partial charge in [-0.2, -0.15) is 0 Å². The molecule has 6 heteroatoms. The van der Waals surface area contributed by atoms with Crippen LogP contribution in [-0.4, -0.2) is 36.9 Å². The van der Waals surface area contributed by atoms with Gasteiger partial charge in [-0.25, -0.2) is 4.39 Å². The number of hydrogen-bond donors (Lipinski definition) is 1. The second-order valence-corrected chi connectivity index (χ2v) is 4.88. The highest BCUT2D eigenvalue weighted by Gasteiger charge is 2.20. The number of hydrogen-bond acceptors (Lipinski definition) is 2. The third-order valence-corrected chi connectivity index (χ3v) is 2.97.